The molecule has 0 atom stereocenters. The number of aliphatic hydroxyl groups is 1. The third-order valence-electron chi connectivity index (χ3n) is 5.37. The molecular formula is C24H25NO3. The molecule has 3 aromatic carbocycles. The topological polar surface area (TPSA) is 41.9 Å². The second-order valence-corrected chi connectivity index (χ2v) is 8.04. The quantitative estimate of drug-likeness (QED) is 0.462. The number of fused-ring (bicyclic) bond motifs is 2. The van der Waals surface area contributed by atoms with E-state index in [9.17, 15) is 5.11 Å². The van der Waals surface area contributed by atoms with Crippen LogP contribution < -0.4 is 14.4 Å². The van der Waals surface area contributed by atoms with Crippen molar-refractivity contribution < 1.29 is 14.6 Å². The van der Waals surface area contributed by atoms with Gasteiger partial charge in [-0.25, -0.2) is 0 Å². The van der Waals surface area contributed by atoms with E-state index >= 15 is 0 Å². The lowest BCUT2D eigenvalue weighted by Crippen LogP contribution is -2.49. The molecule has 0 saturated carbocycles. The van der Waals surface area contributed by atoms with Crippen molar-refractivity contribution >= 4 is 17.1 Å². The van der Waals surface area contributed by atoms with E-state index in [4.69, 9.17) is 9.47 Å². The molecular weight excluding hydrogens is 350 g/mol. The van der Waals surface area contributed by atoms with Gasteiger partial charge in [0.25, 0.3) is 0 Å². The molecule has 28 heavy (non-hydrogen) atoms. The summed E-state index contributed by atoms with van der Waals surface area (Å²) in [5.41, 5.74) is 1.32. The van der Waals surface area contributed by atoms with E-state index in [2.05, 4.69) is 4.90 Å². The van der Waals surface area contributed by atoms with E-state index in [0.29, 0.717) is 5.75 Å². The van der Waals surface area contributed by atoms with Crippen LogP contribution in [0.25, 0.3) is 0 Å². The van der Waals surface area contributed by atoms with Gasteiger partial charge in [0, 0.05) is 5.69 Å². The van der Waals surface area contributed by atoms with Gasteiger partial charge in [-0.15, -0.1) is 0 Å². The Bertz CT molecular complexity index is 942. The maximum Gasteiger partial charge on any atom is 0.151 e. The Morgan fingerprint density at radius 1 is 0.750 bits per heavy atom. The van der Waals surface area contributed by atoms with E-state index < -0.39 is 11.2 Å². The third-order valence-corrected chi connectivity index (χ3v) is 5.37. The van der Waals surface area contributed by atoms with Crippen LogP contribution in [0.4, 0.5) is 17.1 Å². The standard InChI is InChI=1S/C24H25NO3/c1-23(2,26)24(3,4)28-18-15-13-17(14-16-18)25-19-9-5-7-11-21(19)27-22-12-8-6-10-20(22)25/h5-16,26H,1-4H3. The van der Waals surface area contributed by atoms with Crippen molar-refractivity contribution in [2.45, 2.75) is 38.9 Å². The highest BCUT2D eigenvalue weighted by atomic mass is 16.5. The number of anilines is 3. The molecule has 0 fully saturated rings. The minimum Gasteiger partial charge on any atom is -0.485 e. The van der Waals surface area contributed by atoms with Gasteiger partial charge in [-0.05, 0) is 76.2 Å². The van der Waals surface area contributed by atoms with Gasteiger partial charge in [-0.1, -0.05) is 24.3 Å². The zero-order chi connectivity index (χ0) is 19.9. The summed E-state index contributed by atoms with van der Waals surface area (Å²) in [6.45, 7) is 7.27. The number of ether oxygens (including phenoxy) is 2. The minimum atomic E-state index is -0.965. The van der Waals surface area contributed by atoms with Crippen LogP contribution in [0, 0.1) is 0 Å². The number of nitrogens with zero attached hydrogens (tertiary/aromatic N) is 1. The lowest BCUT2D eigenvalue weighted by Gasteiger charge is -2.37. The van der Waals surface area contributed by atoms with Crippen LogP contribution in [0.5, 0.6) is 17.2 Å². The first-order chi connectivity index (χ1) is 13.3. The lowest BCUT2D eigenvalue weighted by molar-refractivity contribution is -0.0906. The van der Waals surface area contributed by atoms with Crippen LogP contribution >= 0.6 is 0 Å². The van der Waals surface area contributed by atoms with Crippen LogP contribution in [-0.4, -0.2) is 16.3 Å². The average Bonchev–Trinajstić information content (AvgIpc) is 2.66. The Hall–Kier alpha value is -2.98. The number of hydrogen-bond donors (Lipinski definition) is 1. The highest BCUT2D eigenvalue weighted by Gasteiger charge is 2.37. The van der Waals surface area contributed by atoms with Crippen molar-refractivity contribution in [2.75, 3.05) is 4.90 Å². The van der Waals surface area contributed by atoms with Crippen molar-refractivity contribution in [3.63, 3.8) is 0 Å². The first-order valence-corrected chi connectivity index (χ1v) is 9.44. The minimum absolute atomic E-state index is 0.714. The fourth-order valence-corrected chi connectivity index (χ4v) is 3.07. The zero-order valence-electron chi connectivity index (χ0n) is 16.6. The summed E-state index contributed by atoms with van der Waals surface area (Å²) < 4.78 is 12.1. The van der Waals surface area contributed by atoms with E-state index in [1.807, 2.05) is 86.6 Å². The first kappa shape index (κ1) is 18.4. The Balaban J connectivity index is 1.71. The molecule has 0 aromatic heterocycles. The Morgan fingerprint density at radius 3 is 1.75 bits per heavy atom. The molecule has 0 bridgehead atoms. The molecule has 1 aliphatic heterocycles. The Kier molecular flexibility index (Phi) is 4.31. The molecule has 0 saturated heterocycles. The maximum atomic E-state index is 10.3. The fraction of sp³-hybridized carbons (Fsp3) is 0.250. The van der Waals surface area contributed by atoms with Crippen molar-refractivity contribution in [3.8, 4) is 17.2 Å². The predicted molar refractivity (Wildman–Crippen MR) is 112 cm³/mol. The third kappa shape index (κ3) is 3.20. The van der Waals surface area contributed by atoms with Gasteiger partial charge in [0.15, 0.2) is 11.5 Å². The molecule has 0 radical (unpaired) electrons. The van der Waals surface area contributed by atoms with E-state index in [-0.39, 0.29) is 0 Å². The summed E-state index contributed by atoms with van der Waals surface area (Å²) in [5.74, 6) is 2.36. The first-order valence-electron chi connectivity index (χ1n) is 9.44. The smallest absolute Gasteiger partial charge is 0.151 e. The Labute approximate surface area is 166 Å². The number of hydrogen-bond acceptors (Lipinski definition) is 4. The second kappa shape index (κ2) is 6.57. The number of rotatable bonds is 4. The van der Waals surface area contributed by atoms with Crippen molar-refractivity contribution in [1.29, 1.82) is 0 Å². The average molecular weight is 375 g/mol. The van der Waals surface area contributed by atoms with Gasteiger partial charge < -0.3 is 19.5 Å². The van der Waals surface area contributed by atoms with Gasteiger partial charge in [0.05, 0.1) is 17.0 Å². The molecule has 4 nitrogen and oxygen atoms in total. The zero-order valence-corrected chi connectivity index (χ0v) is 16.6. The summed E-state index contributed by atoms with van der Waals surface area (Å²) in [5, 5.41) is 10.3. The van der Waals surface area contributed by atoms with E-state index in [1.54, 1.807) is 13.8 Å². The second-order valence-electron chi connectivity index (χ2n) is 8.04. The van der Waals surface area contributed by atoms with Gasteiger partial charge in [0.1, 0.15) is 11.4 Å². The van der Waals surface area contributed by atoms with Crippen LogP contribution in [0.15, 0.2) is 72.8 Å². The maximum absolute atomic E-state index is 10.3. The molecule has 0 amide bonds. The highest BCUT2D eigenvalue weighted by Crippen LogP contribution is 2.50. The van der Waals surface area contributed by atoms with Gasteiger partial charge in [-0.3, -0.25) is 0 Å². The lowest BCUT2D eigenvalue weighted by atomic mass is 9.89. The SMILES string of the molecule is CC(C)(O)C(C)(C)Oc1ccc(N2c3ccccc3Oc3ccccc32)cc1. The molecule has 0 spiro atoms. The molecule has 1 aliphatic rings. The highest BCUT2D eigenvalue weighted by molar-refractivity contribution is 5.86. The van der Waals surface area contributed by atoms with E-state index in [1.165, 1.54) is 0 Å². The normalized spacial score (nSPS) is 13.4. The number of benzene rings is 3. The van der Waals surface area contributed by atoms with E-state index in [0.717, 1.165) is 28.6 Å². The summed E-state index contributed by atoms with van der Waals surface area (Å²) in [4.78, 5) is 2.18. The molecule has 4 rings (SSSR count). The molecule has 4 heteroatoms. The molecule has 144 valence electrons. The van der Waals surface area contributed by atoms with Crippen LogP contribution in [0.2, 0.25) is 0 Å². The van der Waals surface area contributed by atoms with Crippen molar-refractivity contribution in [3.05, 3.63) is 72.8 Å². The van der Waals surface area contributed by atoms with Gasteiger partial charge >= 0.3 is 0 Å². The molecule has 1 N–H and O–H groups in total. The summed E-state index contributed by atoms with van der Waals surface area (Å²) in [7, 11) is 0. The van der Waals surface area contributed by atoms with Crippen LogP contribution in [0.1, 0.15) is 27.7 Å². The summed E-state index contributed by atoms with van der Waals surface area (Å²) in [6, 6.07) is 23.9. The fourth-order valence-electron chi connectivity index (χ4n) is 3.07. The predicted octanol–water partition coefficient (Wildman–Crippen LogP) is 6.19. The number of para-hydroxylation sites is 4. The van der Waals surface area contributed by atoms with Gasteiger partial charge in [-0.2, -0.15) is 0 Å². The summed E-state index contributed by atoms with van der Waals surface area (Å²) >= 11 is 0. The molecule has 0 aliphatic carbocycles. The van der Waals surface area contributed by atoms with Crippen LogP contribution in [-0.2, 0) is 0 Å². The van der Waals surface area contributed by atoms with Crippen molar-refractivity contribution in [2.24, 2.45) is 0 Å². The summed E-state index contributed by atoms with van der Waals surface area (Å²) in [6.07, 6.45) is 0. The molecule has 3 aromatic rings. The van der Waals surface area contributed by atoms with Gasteiger partial charge in [0.2, 0.25) is 0 Å². The van der Waals surface area contributed by atoms with Crippen molar-refractivity contribution in [1.82, 2.24) is 0 Å². The largest absolute Gasteiger partial charge is 0.485 e. The van der Waals surface area contributed by atoms with Crippen LogP contribution in [0.3, 0.4) is 0 Å². The monoisotopic (exact) mass is 375 g/mol. The molecule has 0 unspecified atom stereocenters. The Morgan fingerprint density at radius 2 is 1.25 bits per heavy atom. The molecule has 1 heterocycles.